The Labute approximate surface area is 90.3 Å². The molecule has 0 fully saturated rings. The van der Waals surface area contributed by atoms with Gasteiger partial charge >= 0.3 is 7.32 Å². The molecular formula is C10H16BNO3. The maximum Gasteiger partial charge on any atom is 0.707 e. The lowest BCUT2D eigenvalue weighted by Gasteiger charge is -2.20. The van der Waals surface area contributed by atoms with Crippen molar-refractivity contribution in [2.75, 3.05) is 14.1 Å². The summed E-state index contributed by atoms with van der Waals surface area (Å²) in [6.45, 7) is 2.09. The first-order chi connectivity index (χ1) is 7.00. The van der Waals surface area contributed by atoms with E-state index in [2.05, 4.69) is 11.8 Å². The smallest absolute Gasteiger partial charge is 0.512 e. The fourth-order valence-electron chi connectivity index (χ4n) is 1.24. The zero-order valence-corrected chi connectivity index (χ0v) is 9.21. The number of benzene rings is 1. The van der Waals surface area contributed by atoms with E-state index in [1.54, 1.807) is 12.1 Å². The second-order valence-electron chi connectivity index (χ2n) is 3.65. The lowest BCUT2D eigenvalue weighted by Crippen LogP contribution is -2.20. The maximum atomic E-state index is 8.60. The normalized spacial score (nSPS) is 12.7. The predicted octanol–water partition coefficient (Wildman–Crippen LogP) is 0.658. The summed E-state index contributed by atoms with van der Waals surface area (Å²) >= 11 is 0. The van der Waals surface area contributed by atoms with E-state index in [9.17, 15) is 0 Å². The number of nitrogens with zero attached hydrogens (tertiary/aromatic N) is 1. The molecule has 0 aliphatic carbocycles. The topological polar surface area (TPSA) is 52.9 Å². The molecule has 0 amide bonds. The van der Waals surface area contributed by atoms with Crippen molar-refractivity contribution in [3.63, 3.8) is 0 Å². The molecule has 0 aromatic heterocycles. The minimum absolute atomic E-state index is 0.318. The lowest BCUT2D eigenvalue weighted by atomic mass is 10.1. The first-order valence-corrected chi connectivity index (χ1v) is 4.80. The summed E-state index contributed by atoms with van der Waals surface area (Å²) < 4.78 is 4.71. The second kappa shape index (κ2) is 5.16. The van der Waals surface area contributed by atoms with Crippen molar-refractivity contribution >= 4 is 7.32 Å². The molecule has 82 valence electrons. The monoisotopic (exact) mass is 209 g/mol. The largest absolute Gasteiger partial charge is 0.707 e. The summed E-state index contributed by atoms with van der Waals surface area (Å²) in [4.78, 5) is 2.09. The van der Waals surface area contributed by atoms with E-state index in [1.165, 1.54) is 0 Å². The molecule has 0 aliphatic rings. The highest BCUT2D eigenvalue weighted by atomic mass is 16.6. The van der Waals surface area contributed by atoms with Crippen LogP contribution in [-0.2, 0) is 0 Å². The van der Waals surface area contributed by atoms with E-state index >= 15 is 0 Å². The van der Waals surface area contributed by atoms with E-state index in [1.807, 2.05) is 26.2 Å². The Balaban J connectivity index is 2.72. The van der Waals surface area contributed by atoms with E-state index < -0.39 is 7.32 Å². The van der Waals surface area contributed by atoms with Gasteiger partial charge in [0, 0.05) is 6.04 Å². The highest BCUT2D eigenvalue weighted by molar-refractivity contribution is 6.33. The summed E-state index contributed by atoms with van der Waals surface area (Å²) in [7, 11) is 2.25. The van der Waals surface area contributed by atoms with E-state index in [0.29, 0.717) is 11.8 Å². The maximum absolute atomic E-state index is 8.60. The molecule has 0 heterocycles. The molecule has 15 heavy (non-hydrogen) atoms. The third-order valence-corrected chi connectivity index (χ3v) is 2.38. The van der Waals surface area contributed by atoms with Gasteiger partial charge in [-0.3, -0.25) is 0 Å². The Morgan fingerprint density at radius 2 is 1.73 bits per heavy atom. The summed E-state index contributed by atoms with van der Waals surface area (Å²) in [5, 5.41) is 17.2. The zero-order valence-electron chi connectivity index (χ0n) is 9.21. The average molecular weight is 209 g/mol. The summed E-state index contributed by atoms with van der Waals surface area (Å²) in [5.74, 6) is 0.444. The standard InChI is InChI=1S/C10H16BNO3/c1-8(12(2)3)9-4-6-10(7-5-9)15-11(13)14/h4-8,13-14H,1-3H3. The van der Waals surface area contributed by atoms with Crippen molar-refractivity contribution < 1.29 is 14.7 Å². The van der Waals surface area contributed by atoms with Crippen LogP contribution < -0.4 is 4.65 Å². The fraction of sp³-hybridized carbons (Fsp3) is 0.400. The van der Waals surface area contributed by atoms with Gasteiger partial charge < -0.3 is 19.6 Å². The van der Waals surface area contributed by atoms with Crippen LogP contribution in [0.4, 0.5) is 0 Å². The molecule has 1 atom stereocenters. The Hall–Kier alpha value is -1.04. The van der Waals surface area contributed by atoms with Crippen molar-refractivity contribution in [1.29, 1.82) is 0 Å². The number of rotatable bonds is 4. The molecule has 1 aromatic rings. The Morgan fingerprint density at radius 3 is 2.13 bits per heavy atom. The zero-order chi connectivity index (χ0) is 11.4. The Kier molecular flexibility index (Phi) is 4.14. The first kappa shape index (κ1) is 12.0. The Bertz CT molecular complexity index is 300. The van der Waals surface area contributed by atoms with Gasteiger partial charge in [0.15, 0.2) is 0 Å². The average Bonchev–Trinajstić information content (AvgIpc) is 2.17. The van der Waals surface area contributed by atoms with Crippen LogP contribution >= 0.6 is 0 Å². The highest BCUT2D eigenvalue weighted by Crippen LogP contribution is 2.20. The summed E-state index contributed by atoms with van der Waals surface area (Å²) in [5.41, 5.74) is 1.15. The first-order valence-electron chi connectivity index (χ1n) is 4.80. The van der Waals surface area contributed by atoms with Gasteiger partial charge in [-0.05, 0) is 38.7 Å². The molecule has 1 rings (SSSR count). The van der Waals surface area contributed by atoms with Crippen molar-refractivity contribution in [3.8, 4) is 5.75 Å². The van der Waals surface area contributed by atoms with Crippen LogP contribution in [0.5, 0.6) is 5.75 Å². The third-order valence-electron chi connectivity index (χ3n) is 2.38. The SMILES string of the molecule is CC(c1ccc(OB(O)O)cc1)N(C)C. The van der Waals surface area contributed by atoms with Gasteiger partial charge in [0.1, 0.15) is 5.75 Å². The van der Waals surface area contributed by atoms with Gasteiger partial charge in [-0.1, -0.05) is 12.1 Å². The summed E-state index contributed by atoms with van der Waals surface area (Å²) in [6.07, 6.45) is 0. The van der Waals surface area contributed by atoms with Gasteiger partial charge in [-0.15, -0.1) is 0 Å². The molecule has 1 unspecified atom stereocenters. The molecule has 0 radical (unpaired) electrons. The fourth-order valence-corrected chi connectivity index (χ4v) is 1.24. The van der Waals surface area contributed by atoms with Crippen LogP contribution in [0.1, 0.15) is 18.5 Å². The predicted molar refractivity (Wildman–Crippen MR) is 59.4 cm³/mol. The van der Waals surface area contributed by atoms with Crippen LogP contribution in [0.25, 0.3) is 0 Å². The van der Waals surface area contributed by atoms with Crippen LogP contribution in [0.3, 0.4) is 0 Å². The van der Waals surface area contributed by atoms with Crippen molar-refractivity contribution in [1.82, 2.24) is 4.90 Å². The molecule has 0 aliphatic heterocycles. The van der Waals surface area contributed by atoms with Gasteiger partial charge in [-0.2, -0.15) is 0 Å². The molecule has 0 saturated heterocycles. The molecule has 2 N–H and O–H groups in total. The van der Waals surface area contributed by atoms with Crippen LogP contribution in [-0.4, -0.2) is 36.4 Å². The van der Waals surface area contributed by atoms with Gasteiger partial charge in [0.25, 0.3) is 0 Å². The molecular weight excluding hydrogens is 193 g/mol. The third kappa shape index (κ3) is 3.55. The lowest BCUT2D eigenvalue weighted by molar-refractivity contribution is 0.288. The number of hydrogen-bond acceptors (Lipinski definition) is 4. The minimum Gasteiger partial charge on any atom is -0.512 e. The molecule has 1 aromatic carbocycles. The van der Waals surface area contributed by atoms with Gasteiger partial charge in [0.2, 0.25) is 0 Å². The Morgan fingerprint density at radius 1 is 1.20 bits per heavy atom. The van der Waals surface area contributed by atoms with Gasteiger partial charge in [-0.25, -0.2) is 0 Å². The second-order valence-corrected chi connectivity index (χ2v) is 3.65. The van der Waals surface area contributed by atoms with Crippen LogP contribution in [0.2, 0.25) is 0 Å². The van der Waals surface area contributed by atoms with Crippen LogP contribution in [0, 0.1) is 0 Å². The highest BCUT2D eigenvalue weighted by Gasteiger charge is 2.12. The molecule has 0 spiro atoms. The van der Waals surface area contributed by atoms with Crippen molar-refractivity contribution in [2.24, 2.45) is 0 Å². The number of hydrogen-bond donors (Lipinski definition) is 2. The van der Waals surface area contributed by atoms with Crippen LogP contribution in [0.15, 0.2) is 24.3 Å². The quantitative estimate of drug-likeness (QED) is 0.715. The van der Waals surface area contributed by atoms with Gasteiger partial charge in [0.05, 0.1) is 0 Å². The van der Waals surface area contributed by atoms with E-state index in [-0.39, 0.29) is 0 Å². The molecule has 4 nitrogen and oxygen atoms in total. The van der Waals surface area contributed by atoms with E-state index in [0.717, 1.165) is 5.56 Å². The summed E-state index contributed by atoms with van der Waals surface area (Å²) in [6, 6.07) is 7.56. The van der Waals surface area contributed by atoms with E-state index in [4.69, 9.17) is 14.7 Å². The van der Waals surface area contributed by atoms with Crippen molar-refractivity contribution in [2.45, 2.75) is 13.0 Å². The molecule has 0 bridgehead atoms. The minimum atomic E-state index is -1.76. The molecule has 0 saturated carbocycles. The van der Waals surface area contributed by atoms with Crippen molar-refractivity contribution in [3.05, 3.63) is 29.8 Å². The molecule has 5 heteroatoms.